The van der Waals surface area contributed by atoms with E-state index >= 15 is 0 Å². The van der Waals surface area contributed by atoms with Gasteiger partial charge in [0.05, 0.1) is 6.04 Å². The van der Waals surface area contributed by atoms with Crippen molar-refractivity contribution in [2.45, 2.75) is 65.6 Å². The van der Waals surface area contributed by atoms with Crippen molar-refractivity contribution in [1.82, 2.24) is 0 Å². The van der Waals surface area contributed by atoms with Gasteiger partial charge < -0.3 is 10.5 Å². The summed E-state index contributed by atoms with van der Waals surface area (Å²) in [6.07, 6.45) is 0.190. The molecule has 2 N–H and O–H groups in total. The molecule has 2 atom stereocenters. The molecular formula is C12H25N3O2. The number of carbonyl (C=O) groups is 1. The summed E-state index contributed by atoms with van der Waals surface area (Å²) >= 11 is 0. The minimum atomic E-state index is -0.666. The molecule has 0 aliphatic carbocycles. The predicted octanol–water partition coefficient (Wildman–Crippen LogP) is 3.14. The zero-order valence-corrected chi connectivity index (χ0v) is 11.7. The summed E-state index contributed by atoms with van der Waals surface area (Å²) in [4.78, 5) is 11.3. The number of hydrogen-bond acceptors (Lipinski definition) is 4. The quantitative estimate of drug-likeness (QED) is 0.770. The first-order valence-electron chi connectivity index (χ1n) is 6.01. The maximum atomic E-state index is 11.3. The second-order valence-corrected chi connectivity index (χ2v) is 5.73. The van der Waals surface area contributed by atoms with Crippen molar-refractivity contribution >= 4 is 6.09 Å². The van der Waals surface area contributed by atoms with Crippen LogP contribution in [0.2, 0.25) is 0 Å². The Kier molecular flexibility index (Phi) is 6.31. The molecule has 0 fully saturated rings. The molecule has 17 heavy (non-hydrogen) atoms. The van der Waals surface area contributed by atoms with E-state index < -0.39 is 11.7 Å². The van der Waals surface area contributed by atoms with Crippen LogP contribution >= 0.6 is 0 Å². The number of azo groups is 1. The van der Waals surface area contributed by atoms with Gasteiger partial charge in [0.1, 0.15) is 5.60 Å². The van der Waals surface area contributed by atoms with Crippen molar-refractivity contribution in [3.8, 4) is 0 Å². The molecule has 0 saturated heterocycles. The highest BCUT2D eigenvalue weighted by Gasteiger charge is 2.17. The first kappa shape index (κ1) is 16.0. The van der Waals surface area contributed by atoms with Crippen LogP contribution in [0.1, 0.15) is 48.0 Å². The molecule has 0 heterocycles. The summed E-state index contributed by atoms with van der Waals surface area (Å²) in [6, 6.07) is -0.258. The SMILES string of the molecule is CC(C)C[C@@H](N)[C@H](C)N=NC(=O)OC(C)(C)C. The summed E-state index contributed by atoms with van der Waals surface area (Å²) in [5, 5.41) is 7.41. The van der Waals surface area contributed by atoms with Crippen LogP contribution in [0.4, 0.5) is 4.79 Å². The molecule has 0 bridgehead atoms. The van der Waals surface area contributed by atoms with Gasteiger partial charge in [0, 0.05) is 6.04 Å². The van der Waals surface area contributed by atoms with Gasteiger partial charge >= 0.3 is 6.09 Å². The minimum absolute atomic E-state index is 0.0822. The van der Waals surface area contributed by atoms with E-state index in [2.05, 4.69) is 24.1 Å². The highest BCUT2D eigenvalue weighted by Crippen LogP contribution is 2.11. The van der Waals surface area contributed by atoms with Crippen LogP contribution in [0.25, 0.3) is 0 Å². The molecule has 0 unspecified atom stereocenters. The lowest BCUT2D eigenvalue weighted by Gasteiger charge is -2.18. The molecule has 0 spiro atoms. The number of carbonyl (C=O) groups excluding carboxylic acids is 1. The first-order chi connectivity index (χ1) is 7.61. The normalized spacial score (nSPS) is 16.2. The molecule has 0 aromatic heterocycles. The monoisotopic (exact) mass is 243 g/mol. The van der Waals surface area contributed by atoms with Gasteiger partial charge in [-0.25, -0.2) is 4.79 Å². The minimum Gasteiger partial charge on any atom is -0.441 e. The molecule has 100 valence electrons. The van der Waals surface area contributed by atoms with Crippen molar-refractivity contribution in [2.75, 3.05) is 0 Å². The molecule has 0 aromatic rings. The van der Waals surface area contributed by atoms with Gasteiger partial charge in [-0.2, -0.15) is 5.11 Å². The van der Waals surface area contributed by atoms with Crippen LogP contribution in [0.15, 0.2) is 10.2 Å². The Balaban J connectivity index is 4.19. The van der Waals surface area contributed by atoms with Crippen molar-refractivity contribution in [2.24, 2.45) is 21.9 Å². The van der Waals surface area contributed by atoms with Gasteiger partial charge in [0.2, 0.25) is 0 Å². The topological polar surface area (TPSA) is 77.0 Å². The molecule has 5 nitrogen and oxygen atoms in total. The second-order valence-electron chi connectivity index (χ2n) is 5.73. The lowest BCUT2D eigenvalue weighted by molar-refractivity contribution is 0.0587. The Labute approximate surface area is 104 Å². The summed E-state index contributed by atoms with van der Waals surface area (Å²) in [6.45, 7) is 11.4. The van der Waals surface area contributed by atoms with Crippen molar-refractivity contribution in [1.29, 1.82) is 0 Å². The maximum absolute atomic E-state index is 11.3. The Morgan fingerprint density at radius 2 is 1.82 bits per heavy atom. The van der Waals surface area contributed by atoms with E-state index in [4.69, 9.17) is 10.5 Å². The summed E-state index contributed by atoms with van der Waals surface area (Å²) in [7, 11) is 0. The molecule has 0 aromatic carbocycles. The average Bonchev–Trinajstić information content (AvgIpc) is 2.10. The number of rotatable bonds is 4. The number of nitrogens with two attached hydrogens (primary N) is 1. The van der Waals surface area contributed by atoms with E-state index in [1.807, 2.05) is 6.92 Å². The van der Waals surface area contributed by atoms with E-state index in [0.717, 1.165) is 6.42 Å². The third-order valence-electron chi connectivity index (χ3n) is 2.08. The standard InChI is InChI=1S/C12H25N3O2/c1-8(2)7-10(13)9(3)14-15-11(16)17-12(4,5)6/h8-10H,7,13H2,1-6H3/t9-,10+/m0/s1. The molecule has 1 amide bonds. The van der Waals surface area contributed by atoms with Gasteiger partial charge in [-0.1, -0.05) is 19.0 Å². The fourth-order valence-electron chi connectivity index (χ4n) is 1.25. The van der Waals surface area contributed by atoms with E-state index in [1.54, 1.807) is 20.8 Å². The lowest BCUT2D eigenvalue weighted by Crippen LogP contribution is -2.32. The Morgan fingerprint density at radius 3 is 2.24 bits per heavy atom. The van der Waals surface area contributed by atoms with Gasteiger partial charge in [0.25, 0.3) is 0 Å². The summed E-state index contributed by atoms with van der Waals surface area (Å²) in [5.74, 6) is 0.504. The van der Waals surface area contributed by atoms with Crippen molar-refractivity contribution in [3.63, 3.8) is 0 Å². The zero-order valence-electron chi connectivity index (χ0n) is 11.7. The number of hydrogen-bond donors (Lipinski definition) is 1. The molecule has 0 saturated carbocycles. The smallest absolute Gasteiger partial charge is 0.441 e. The summed E-state index contributed by atoms with van der Waals surface area (Å²) in [5.41, 5.74) is 5.38. The van der Waals surface area contributed by atoms with Gasteiger partial charge in [-0.05, 0) is 40.0 Å². The molecule has 0 aliphatic rings. The van der Waals surface area contributed by atoms with Crippen LogP contribution in [0, 0.1) is 5.92 Å². The number of ether oxygens (including phenoxy) is 1. The largest absolute Gasteiger partial charge is 0.452 e. The summed E-state index contributed by atoms with van der Waals surface area (Å²) < 4.78 is 5.01. The zero-order chi connectivity index (χ0) is 13.6. The fraction of sp³-hybridized carbons (Fsp3) is 0.917. The van der Waals surface area contributed by atoms with Crippen LogP contribution in [0.5, 0.6) is 0 Å². The molecule has 0 radical (unpaired) electrons. The van der Waals surface area contributed by atoms with Crippen molar-refractivity contribution in [3.05, 3.63) is 0 Å². The average molecular weight is 243 g/mol. The Morgan fingerprint density at radius 1 is 1.29 bits per heavy atom. The highest BCUT2D eigenvalue weighted by molar-refractivity contribution is 5.67. The third-order valence-corrected chi connectivity index (χ3v) is 2.08. The van der Waals surface area contributed by atoms with E-state index in [-0.39, 0.29) is 12.1 Å². The van der Waals surface area contributed by atoms with Crippen LogP contribution in [0.3, 0.4) is 0 Å². The maximum Gasteiger partial charge on any atom is 0.452 e. The van der Waals surface area contributed by atoms with Gasteiger partial charge in [-0.3, -0.25) is 0 Å². The Bertz CT molecular complexity index is 269. The molecular weight excluding hydrogens is 218 g/mol. The van der Waals surface area contributed by atoms with E-state index in [0.29, 0.717) is 5.92 Å². The van der Waals surface area contributed by atoms with Crippen LogP contribution in [-0.4, -0.2) is 23.8 Å². The van der Waals surface area contributed by atoms with Crippen LogP contribution in [-0.2, 0) is 4.74 Å². The number of amides is 1. The highest BCUT2D eigenvalue weighted by atomic mass is 16.6. The molecule has 0 rings (SSSR count). The molecule has 0 aliphatic heterocycles. The number of nitrogens with zero attached hydrogens (tertiary/aromatic N) is 2. The first-order valence-corrected chi connectivity index (χ1v) is 6.01. The van der Waals surface area contributed by atoms with Gasteiger partial charge in [0.15, 0.2) is 0 Å². The van der Waals surface area contributed by atoms with Gasteiger partial charge in [-0.15, -0.1) is 0 Å². The molecule has 5 heteroatoms. The van der Waals surface area contributed by atoms with E-state index in [1.165, 1.54) is 0 Å². The van der Waals surface area contributed by atoms with E-state index in [9.17, 15) is 4.79 Å². The fourth-order valence-corrected chi connectivity index (χ4v) is 1.25. The van der Waals surface area contributed by atoms with Crippen molar-refractivity contribution < 1.29 is 9.53 Å². The predicted molar refractivity (Wildman–Crippen MR) is 68.0 cm³/mol. The van der Waals surface area contributed by atoms with Crippen LogP contribution < -0.4 is 5.73 Å². The second kappa shape index (κ2) is 6.69. The lowest BCUT2D eigenvalue weighted by atomic mass is 10.00. The Hall–Kier alpha value is -0.970. The third kappa shape index (κ3) is 8.80.